The van der Waals surface area contributed by atoms with Gasteiger partial charge in [0.15, 0.2) is 0 Å². The van der Waals surface area contributed by atoms with Crippen LogP contribution in [0, 0.1) is 0 Å². The Morgan fingerprint density at radius 1 is 1.42 bits per heavy atom. The molecular formula is C18H21N3O3. The fourth-order valence-electron chi connectivity index (χ4n) is 3.24. The Bertz CT molecular complexity index is 827. The predicted octanol–water partition coefficient (Wildman–Crippen LogP) is 1.92. The number of fused-ring (bicyclic) bond motifs is 1. The molecule has 0 bridgehead atoms. The number of nitrogens with one attached hydrogen (secondary N) is 1. The van der Waals surface area contributed by atoms with Crippen molar-refractivity contribution in [1.82, 2.24) is 14.9 Å². The number of H-pyrrole nitrogens is 1. The van der Waals surface area contributed by atoms with E-state index in [0.717, 1.165) is 42.0 Å². The molecule has 1 aliphatic carbocycles. The number of aromatic hydroxyl groups is 1. The average molecular weight is 327 g/mol. The van der Waals surface area contributed by atoms with Crippen LogP contribution in [0.1, 0.15) is 41.4 Å². The first-order valence-electron chi connectivity index (χ1n) is 8.34. The SMILES string of the molecule is COc1ccc(CN2CCc3c(nc(C4CC4)[nH]c3=O)C2)c(O)c1. The molecule has 0 saturated heterocycles. The number of aromatic amines is 1. The summed E-state index contributed by atoms with van der Waals surface area (Å²) in [5, 5.41) is 10.1. The van der Waals surface area contributed by atoms with Crippen molar-refractivity contribution in [2.75, 3.05) is 13.7 Å². The maximum absolute atomic E-state index is 12.2. The number of ether oxygens (including phenoxy) is 1. The Morgan fingerprint density at radius 2 is 2.25 bits per heavy atom. The van der Waals surface area contributed by atoms with Gasteiger partial charge in [0.2, 0.25) is 0 Å². The highest BCUT2D eigenvalue weighted by molar-refractivity contribution is 5.39. The minimum absolute atomic E-state index is 0.0221. The molecule has 1 aromatic heterocycles. The molecule has 126 valence electrons. The molecule has 2 N–H and O–H groups in total. The maximum atomic E-state index is 12.2. The number of hydrogen-bond acceptors (Lipinski definition) is 5. The first-order chi connectivity index (χ1) is 11.6. The lowest BCUT2D eigenvalue weighted by atomic mass is 10.0. The van der Waals surface area contributed by atoms with Gasteiger partial charge in [0.25, 0.3) is 5.56 Å². The number of phenols is 1. The lowest BCUT2D eigenvalue weighted by Gasteiger charge is -2.28. The van der Waals surface area contributed by atoms with Gasteiger partial charge in [0.1, 0.15) is 17.3 Å². The first-order valence-corrected chi connectivity index (χ1v) is 8.34. The van der Waals surface area contributed by atoms with Crippen LogP contribution >= 0.6 is 0 Å². The molecule has 0 unspecified atom stereocenters. The highest BCUT2D eigenvalue weighted by atomic mass is 16.5. The van der Waals surface area contributed by atoms with Crippen LogP contribution in [0.5, 0.6) is 11.5 Å². The summed E-state index contributed by atoms with van der Waals surface area (Å²) >= 11 is 0. The molecule has 6 heteroatoms. The standard InChI is InChI=1S/C18H21N3O3/c1-24-13-5-4-12(16(22)8-13)9-21-7-6-14-15(10-21)19-17(11-2-3-11)20-18(14)23/h4-5,8,11,22H,2-3,6-7,9-10H2,1H3,(H,19,20,23). The molecule has 0 amide bonds. The summed E-state index contributed by atoms with van der Waals surface area (Å²) in [5.41, 5.74) is 2.58. The van der Waals surface area contributed by atoms with Gasteiger partial charge >= 0.3 is 0 Å². The van der Waals surface area contributed by atoms with Gasteiger partial charge in [-0.25, -0.2) is 4.98 Å². The molecule has 6 nitrogen and oxygen atoms in total. The average Bonchev–Trinajstić information content (AvgIpc) is 3.41. The minimum Gasteiger partial charge on any atom is -0.507 e. The second-order valence-corrected chi connectivity index (χ2v) is 6.61. The maximum Gasteiger partial charge on any atom is 0.254 e. The van der Waals surface area contributed by atoms with Crippen LogP contribution in [0.4, 0.5) is 0 Å². The van der Waals surface area contributed by atoms with E-state index in [-0.39, 0.29) is 11.3 Å². The molecule has 0 spiro atoms. The third kappa shape index (κ3) is 2.89. The lowest BCUT2D eigenvalue weighted by Crippen LogP contribution is -2.35. The zero-order chi connectivity index (χ0) is 16.7. The summed E-state index contributed by atoms with van der Waals surface area (Å²) < 4.78 is 5.12. The summed E-state index contributed by atoms with van der Waals surface area (Å²) in [6.07, 6.45) is 2.93. The summed E-state index contributed by atoms with van der Waals surface area (Å²) in [6, 6.07) is 5.35. The van der Waals surface area contributed by atoms with Gasteiger partial charge in [-0.3, -0.25) is 9.69 Å². The van der Waals surface area contributed by atoms with Crippen molar-refractivity contribution in [3.8, 4) is 11.5 Å². The zero-order valence-electron chi connectivity index (χ0n) is 13.7. The van der Waals surface area contributed by atoms with Crippen molar-refractivity contribution >= 4 is 0 Å². The Morgan fingerprint density at radius 3 is 2.96 bits per heavy atom. The minimum atomic E-state index is 0.0221. The van der Waals surface area contributed by atoms with Gasteiger partial charge in [-0.15, -0.1) is 0 Å². The van der Waals surface area contributed by atoms with E-state index in [1.165, 1.54) is 0 Å². The molecular weight excluding hydrogens is 306 g/mol. The highest BCUT2D eigenvalue weighted by Crippen LogP contribution is 2.38. The quantitative estimate of drug-likeness (QED) is 0.897. The van der Waals surface area contributed by atoms with Crippen molar-refractivity contribution in [2.45, 2.75) is 38.3 Å². The van der Waals surface area contributed by atoms with E-state index < -0.39 is 0 Å². The molecule has 1 aliphatic heterocycles. The number of benzene rings is 1. The topological polar surface area (TPSA) is 78.5 Å². The van der Waals surface area contributed by atoms with Gasteiger partial charge in [0, 0.05) is 42.7 Å². The first kappa shape index (κ1) is 15.2. The lowest BCUT2D eigenvalue weighted by molar-refractivity contribution is 0.237. The summed E-state index contributed by atoms with van der Waals surface area (Å²) in [7, 11) is 1.58. The van der Waals surface area contributed by atoms with E-state index >= 15 is 0 Å². The van der Waals surface area contributed by atoms with Gasteiger partial charge < -0.3 is 14.8 Å². The predicted molar refractivity (Wildman–Crippen MR) is 89.3 cm³/mol. The van der Waals surface area contributed by atoms with Crippen LogP contribution in [-0.2, 0) is 19.5 Å². The number of hydrogen-bond donors (Lipinski definition) is 2. The number of nitrogens with zero attached hydrogens (tertiary/aromatic N) is 2. The number of phenolic OH excluding ortho intramolecular Hbond substituents is 1. The summed E-state index contributed by atoms with van der Waals surface area (Å²) in [6.45, 7) is 2.05. The van der Waals surface area contributed by atoms with Crippen LogP contribution in [0.15, 0.2) is 23.0 Å². The Hall–Kier alpha value is -2.34. The fourth-order valence-corrected chi connectivity index (χ4v) is 3.24. The van der Waals surface area contributed by atoms with E-state index in [9.17, 15) is 9.90 Å². The molecule has 24 heavy (non-hydrogen) atoms. The fraction of sp³-hybridized carbons (Fsp3) is 0.444. The van der Waals surface area contributed by atoms with Gasteiger partial charge in [-0.1, -0.05) is 6.07 Å². The number of methoxy groups -OCH3 is 1. The van der Waals surface area contributed by atoms with Crippen molar-refractivity contribution in [2.24, 2.45) is 0 Å². The van der Waals surface area contributed by atoms with Crippen molar-refractivity contribution < 1.29 is 9.84 Å². The molecule has 1 aromatic carbocycles. The third-order valence-corrected chi connectivity index (χ3v) is 4.82. The molecule has 1 fully saturated rings. The molecule has 2 aliphatic rings. The third-order valence-electron chi connectivity index (χ3n) is 4.82. The van der Waals surface area contributed by atoms with E-state index in [4.69, 9.17) is 9.72 Å². The Kier molecular flexibility index (Phi) is 3.76. The molecule has 2 aromatic rings. The van der Waals surface area contributed by atoms with Crippen LogP contribution in [0.2, 0.25) is 0 Å². The monoisotopic (exact) mass is 327 g/mol. The zero-order valence-corrected chi connectivity index (χ0v) is 13.7. The van der Waals surface area contributed by atoms with Crippen molar-refractivity contribution in [3.63, 3.8) is 0 Å². The van der Waals surface area contributed by atoms with E-state index in [0.29, 0.717) is 31.2 Å². The van der Waals surface area contributed by atoms with Crippen LogP contribution in [0.25, 0.3) is 0 Å². The van der Waals surface area contributed by atoms with Gasteiger partial charge in [0.05, 0.1) is 12.8 Å². The molecule has 0 atom stereocenters. The molecule has 1 saturated carbocycles. The van der Waals surface area contributed by atoms with E-state index in [1.807, 2.05) is 12.1 Å². The normalized spacial score (nSPS) is 17.5. The number of rotatable bonds is 4. The van der Waals surface area contributed by atoms with Crippen LogP contribution < -0.4 is 10.3 Å². The van der Waals surface area contributed by atoms with E-state index in [2.05, 4.69) is 9.88 Å². The highest BCUT2D eigenvalue weighted by Gasteiger charge is 2.29. The van der Waals surface area contributed by atoms with Crippen molar-refractivity contribution in [3.05, 3.63) is 51.2 Å². The Balaban J connectivity index is 1.54. The van der Waals surface area contributed by atoms with Crippen LogP contribution in [0.3, 0.4) is 0 Å². The van der Waals surface area contributed by atoms with Crippen molar-refractivity contribution in [1.29, 1.82) is 0 Å². The summed E-state index contributed by atoms with van der Waals surface area (Å²) in [4.78, 5) is 22.1. The van der Waals surface area contributed by atoms with E-state index in [1.54, 1.807) is 13.2 Å². The Labute approximate surface area is 140 Å². The molecule has 4 rings (SSSR count). The largest absolute Gasteiger partial charge is 0.507 e. The second kappa shape index (κ2) is 5.94. The number of aromatic nitrogens is 2. The summed E-state index contributed by atoms with van der Waals surface area (Å²) in [5.74, 6) is 2.15. The van der Waals surface area contributed by atoms with Gasteiger partial charge in [-0.2, -0.15) is 0 Å². The van der Waals surface area contributed by atoms with Crippen LogP contribution in [-0.4, -0.2) is 33.6 Å². The smallest absolute Gasteiger partial charge is 0.254 e. The molecule has 0 radical (unpaired) electrons. The second-order valence-electron chi connectivity index (χ2n) is 6.61. The van der Waals surface area contributed by atoms with Gasteiger partial charge in [-0.05, 0) is 25.3 Å². The molecule has 2 heterocycles.